The van der Waals surface area contributed by atoms with Crippen LogP contribution >= 0.6 is 0 Å². The summed E-state index contributed by atoms with van der Waals surface area (Å²) in [7, 11) is 0. The van der Waals surface area contributed by atoms with Crippen molar-refractivity contribution in [2.24, 2.45) is 5.92 Å². The van der Waals surface area contributed by atoms with Gasteiger partial charge in [0.15, 0.2) is 5.60 Å². The molecular weight excluding hydrogens is 102 g/mol. The fourth-order valence-electron chi connectivity index (χ4n) is 1.51. The van der Waals surface area contributed by atoms with E-state index < -0.39 is 0 Å². The molecule has 2 heterocycles. The molecule has 0 radical (unpaired) electrons. The van der Waals surface area contributed by atoms with Crippen LogP contribution in [0.25, 0.3) is 0 Å². The van der Waals surface area contributed by atoms with Gasteiger partial charge in [0, 0.05) is 0 Å². The van der Waals surface area contributed by atoms with Crippen molar-refractivity contribution in [1.29, 1.82) is 5.26 Å². The van der Waals surface area contributed by atoms with E-state index in [9.17, 15) is 0 Å². The topological polar surface area (TPSA) is 33.0 Å². The van der Waals surface area contributed by atoms with E-state index in [1.165, 1.54) is 0 Å². The van der Waals surface area contributed by atoms with Crippen LogP contribution in [0.3, 0.4) is 0 Å². The Bertz CT molecular complexity index is 147. The summed E-state index contributed by atoms with van der Waals surface area (Å²) in [5, 5.41) is 8.49. The summed E-state index contributed by atoms with van der Waals surface area (Å²) in [6.45, 7) is 0.827. The summed E-state index contributed by atoms with van der Waals surface area (Å²) < 4.78 is 5.20. The Morgan fingerprint density at radius 1 is 1.62 bits per heavy atom. The maximum absolute atomic E-state index is 8.49. The van der Waals surface area contributed by atoms with Crippen molar-refractivity contribution in [3.05, 3.63) is 0 Å². The molecule has 0 aromatic carbocycles. The summed E-state index contributed by atoms with van der Waals surface area (Å²) in [6, 6.07) is 2.18. The summed E-state index contributed by atoms with van der Waals surface area (Å²) >= 11 is 0. The Balaban J connectivity index is 2.23. The minimum Gasteiger partial charge on any atom is -0.360 e. The maximum Gasteiger partial charge on any atom is 0.154 e. The molecule has 8 heavy (non-hydrogen) atoms. The number of nitrogens with zero attached hydrogens (tertiary/aromatic N) is 1. The van der Waals surface area contributed by atoms with Crippen LogP contribution in [0, 0.1) is 17.2 Å². The SMILES string of the molecule is N#CC12CC(CO1)C2. The van der Waals surface area contributed by atoms with Gasteiger partial charge in [-0.05, 0) is 18.8 Å². The normalized spacial score (nSPS) is 50.1. The average molecular weight is 109 g/mol. The summed E-state index contributed by atoms with van der Waals surface area (Å²) in [6.07, 6.45) is 1.98. The molecule has 0 spiro atoms. The highest BCUT2D eigenvalue weighted by Gasteiger charge is 2.52. The quantitative estimate of drug-likeness (QED) is 0.458. The van der Waals surface area contributed by atoms with Crippen LogP contribution in [0.2, 0.25) is 0 Å². The monoisotopic (exact) mass is 109 g/mol. The van der Waals surface area contributed by atoms with E-state index in [2.05, 4.69) is 6.07 Å². The molecule has 2 aliphatic heterocycles. The van der Waals surface area contributed by atoms with Crippen LogP contribution in [-0.2, 0) is 4.74 Å². The van der Waals surface area contributed by atoms with Crippen LogP contribution in [0.15, 0.2) is 0 Å². The van der Waals surface area contributed by atoms with E-state index in [0.717, 1.165) is 25.4 Å². The third-order valence-electron chi connectivity index (χ3n) is 2.04. The molecule has 0 N–H and O–H groups in total. The zero-order chi connectivity index (χ0) is 5.61. The predicted octanol–water partition coefficient (Wildman–Crippen LogP) is 0.689. The number of hydrogen-bond donors (Lipinski definition) is 0. The zero-order valence-corrected chi connectivity index (χ0v) is 4.55. The van der Waals surface area contributed by atoms with Gasteiger partial charge in [0.05, 0.1) is 12.7 Å². The van der Waals surface area contributed by atoms with Crippen LogP contribution < -0.4 is 0 Å². The molecule has 2 heteroatoms. The van der Waals surface area contributed by atoms with E-state index in [1.807, 2.05) is 0 Å². The number of fused-ring (bicyclic) bond motifs is 1. The Hall–Kier alpha value is -0.550. The van der Waals surface area contributed by atoms with E-state index in [1.54, 1.807) is 0 Å². The van der Waals surface area contributed by atoms with Crippen LogP contribution in [0.5, 0.6) is 0 Å². The average Bonchev–Trinajstić information content (AvgIpc) is 2.17. The minimum atomic E-state index is -0.315. The smallest absolute Gasteiger partial charge is 0.154 e. The largest absolute Gasteiger partial charge is 0.360 e. The molecule has 2 bridgehead atoms. The first-order valence-corrected chi connectivity index (χ1v) is 2.90. The standard InChI is InChI=1S/C6H7NO/c7-4-6-1-5(2-6)3-8-6/h5H,1-3H2. The molecule has 0 aromatic rings. The van der Waals surface area contributed by atoms with Gasteiger partial charge in [0.25, 0.3) is 0 Å². The van der Waals surface area contributed by atoms with Crippen molar-refractivity contribution in [3.8, 4) is 6.07 Å². The van der Waals surface area contributed by atoms with Gasteiger partial charge in [-0.1, -0.05) is 0 Å². The predicted molar refractivity (Wildman–Crippen MR) is 27.0 cm³/mol. The molecule has 2 saturated heterocycles. The van der Waals surface area contributed by atoms with Gasteiger partial charge in [-0.2, -0.15) is 5.26 Å². The van der Waals surface area contributed by atoms with Gasteiger partial charge >= 0.3 is 0 Å². The molecule has 1 aliphatic carbocycles. The number of ether oxygens (including phenoxy) is 1. The first kappa shape index (κ1) is 4.34. The molecule has 3 fully saturated rings. The molecule has 3 rings (SSSR count). The molecular formula is C6H7NO. The summed E-state index contributed by atoms with van der Waals surface area (Å²) in [5.74, 6) is 0.717. The summed E-state index contributed by atoms with van der Waals surface area (Å²) in [5.41, 5.74) is -0.315. The third-order valence-corrected chi connectivity index (χ3v) is 2.04. The second kappa shape index (κ2) is 1.06. The van der Waals surface area contributed by atoms with E-state index >= 15 is 0 Å². The molecule has 42 valence electrons. The van der Waals surface area contributed by atoms with Crippen molar-refractivity contribution in [2.75, 3.05) is 6.61 Å². The summed E-state index contributed by atoms with van der Waals surface area (Å²) in [4.78, 5) is 0. The van der Waals surface area contributed by atoms with E-state index in [0.29, 0.717) is 0 Å². The Labute approximate surface area is 48.1 Å². The third kappa shape index (κ3) is 0.317. The zero-order valence-electron chi connectivity index (χ0n) is 4.55. The number of hydrogen-bond acceptors (Lipinski definition) is 2. The van der Waals surface area contributed by atoms with Gasteiger partial charge < -0.3 is 4.74 Å². The first-order chi connectivity index (χ1) is 3.85. The molecule has 2 nitrogen and oxygen atoms in total. The highest BCUT2D eigenvalue weighted by Crippen LogP contribution is 2.47. The van der Waals surface area contributed by atoms with Gasteiger partial charge in [-0.15, -0.1) is 0 Å². The lowest BCUT2D eigenvalue weighted by atomic mass is 9.76. The Morgan fingerprint density at radius 3 is 2.62 bits per heavy atom. The van der Waals surface area contributed by atoms with Gasteiger partial charge in [-0.3, -0.25) is 0 Å². The van der Waals surface area contributed by atoms with E-state index in [-0.39, 0.29) is 5.60 Å². The van der Waals surface area contributed by atoms with Crippen molar-refractivity contribution < 1.29 is 4.74 Å². The van der Waals surface area contributed by atoms with Crippen LogP contribution in [0.4, 0.5) is 0 Å². The maximum atomic E-state index is 8.49. The lowest BCUT2D eigenvalue weighted by Gasteiger charge is -2.27. The second-order valence-electron chi connectivity index (χ2n) is 2.69. The lowest BCUT2D eigenvalue weighted by Crippen LogP contribution is -2.34. The van der Waals surface area contributed by atoms with Gasteiger partial charge in [0.1, 0.15) is 0 Å². The number of rotatable bonds is 0. The molecule has 1 saturated carbocycles. The fourth-order valence-corrected chi connectivity index (χ4v) is 1.51. The molecule has 0 aromatic heterocycles. The van der Waals surface area contributed by atoms with Crippen LogP contribution in [0.1, 0.15) is 12.8 Å². The fraction of sp³-hybridized carbons (Fsp3) is 0.833. The van der Waals surface area contributed by atoms with Gasteiger partial charge in [0.2, 0.25) is 0 Å². The molecule has 0 unspecified atom stereocenters. The first-order valence-electron chi connectivity index (χ1n) is 2.90. The van der Waals surface area contributed by atoms with Crippen molar-refractivity contribution in [3.63, 3.8) is 0 Å². The van der Waals surface area contributed by atoms with E-state index in [4.69, 9.17) is 10.00 Å². The van der Waals surface area contributed by atoms with Crippen molar-refractivity contribution >= 4 is 0 Å². The van der Waals surface area contributed by atoms with Gasteiger partial charge in [-0.25, -0.2) is 0 Å². The Kier molecular flexibility index (Phi) is 0.575. The van der Waals surface area contributed by atoms with Crippen molar-refractivity contribution in [2.45, 2.75) is 18.4 Å². The minimum absolute atomic E-state index is 0.315. The Morgan fingerprint density at radius 2 is 2.38 bits per heavy atom. The highest BCUT2D eigenvalue weighted by atomic mass is 16.5. The lowest BCUT2D eigenvalue weighted by molar-refractivity contribution is 0.0563. The highest BCUT2D eigenvalue weighted by molar-refractivity contribution is 5.15. The van der Waals surface area contributed by atoms with Crippen molar-refractivity contribution in [1.82, 2.24) is 0 Å². The number of nitriles is 1. The second-order valence-corrected chi connectivity index (χ2v) is 2.69. The molecule has 3 aliphatic rings. The molecule has 0 amide bonds. The van der Waals surface area contributed by atoms with Crippen LogP contribution in [-0.4, -0.2) is 12.2 Å². The molecule has 0 atom stereocenters.